The lowest BCUT2D eigenvalue weighted by Crippen LogP contribution is -2.09. The van der Waals surface area contributed by atoms with Crippen LogP contribution in [0.1, 0.15) is 32.6 Å². The van der Waals surface area contributed by atoms with Crippen LogP contribution < -0.4 is 4.74 Å². The number of phenols is 1. The van der Waals surface area contributed by atoms with Gasteiger partial charge in [-0.1, -0.05) is 36.4 Å². The van der Waals surface area contributed by atoms with Crippen molar-refractivity contribution >= 4 is 22.4 Å². The Morgan fingerprint density at radius 1 is 0.939 bits per heavy atom. The maximum absolute atomic E-state index is 12.8. The quantitative estimate of drug-likeness (QED) is 0.170. The molecule has 0 aliphatic carbocycles. The molecule has 166 valence electrons. The Balaban J connectivity index is 1.61. The number of carbonyl (C=O) groups excluding carboxylic acids is 1. The Morgan fingerprint density at radius 3 is 2.27 bits per heavy atom. The van der Waals surface area contributed by atoms with Gasteiger partial charge in [0.2, 0.25) is 0 Å². The number of carbonyl (C=O) groups is 1. The number of fused-ring (bicyclic) bond motifs is 1. The number of non-ortho nitro benzene ring substituents is 1. The molecule has 0 spiro atoms. The van der Waals surface area contributed by atoms with Crippen LogP contribution in [0.2, 0.25) is 0 Å². The van der Waals surface area contributed by atoms with E-state index in [0.29, 0.717) is 17.7 Å². The molecule has 0 fully saturated rings. The minimum absolute atomic E-state index is 0.0671. The highest BCUT2D eigenvalue weighted by Crippen LogP contribution is 2.27. The lowest BCUT2D eigenvalue weighted by atomic mass is 9.95. The van der Waals surface area contributed by atoms with Crippen molar-refractivity contribution in [1.82, 2.24) is 0 Å². The van der Waals surface area contributed by atoms with Crippen LogP contribution in [0.3, 0.4) is 0 Å². The topological polar surface area (TPSA) is 89.7 Å². The summed E-state index contributed by atoms with van der Waals surface area (Å²) < 4.78 is 5.46. The summed E-state index contributed by atoms with van der Waals surface area (Å²) in [6.07, 6.45) is 1.47. The Hall–Kier alpha value is -4.19. The van der Waals surface area contributed by atoms with Gasteiger partial charge < -0.3 is 9.84 Å². The van der Waals surface area contributed by atoms with Crippen molar-refractivity contribution in [2.24, 2.45) is 0 Å². The predicted octanol–water partition coefficient (Wildman–Crippen LogP) is 6.07. The Labute approximate surface area is 191 Å². The van der Waals surface area contributed by atoms with Crippen molar-refractivity contribution in [3.63, 3.8) is 0 Å². The zero-order chi connectivity index (χ0) is 23.5. The molecule has 0 amide bonds. The fraction of sp³-hybridized carbons (Fsp3) is 0.148. The number of aryl methyl sites for hydroxylation is 4. The average molecular weight is 441 g/mol. The van der Waals surface area contributed by atoms with E-state index in [1.807, 2.05) is 56.3 Å². The first-order valence-corrected chi connectivity index (χ1v) is 10.6. The molecule has 33 heavy (non-hydrogen) atoms. The largest absolute Gasteiger partial charge is 0.507 e. The second-order valence-electron chi connectivity index (χ2n) is 8.08. The van der Waals surface area contributed by atoms with E-state index >= 15 is 0 Å². The van der Waals surface area contributed by atoms with Crippen LogP contribution in [0, 0.1) is 24.0 Å². The average Bonchev–Trinajstić information content (AvgIpc) is 2.81. The van der Waals surface area contributed by atoms with Crippen LogP contribution in [0.4, 0.5) is 5.69 Å². The molecule has 0 bridgehead atoms. The number of aromatic hydroxyl groups is 1. The van der Waals surface area contributed by atoms with Gasteiger partial charge in [0.15, 0.2) is 0 Å². The third-order valence-electron chi connectivity index (χ3n) is 5.68. The summed E-state index contributed by atoms with van der Waals surface area (Å²) in [5.41, 5.74) is 4.17. The van der Waals surface area contributed by atoms with Gasteiger partial charge in [-0.15, -0.1) is 0 Å². The number of phenolic OH excluding ortho intramolecular Hbond substituents is 1. The van der Waals surface area contributed by atoms with Gasteiger partial charge in [0, 0.05) is 12.1 Å². The van der Waals surface area contributed by atoms with Crippen molar-refractivity contribution in [1.29, 1.82) is 0 Å². The fourth-order valence-electron chi connectivity index (χ4n) is 3.99. The molecule has 0 unspecified atom stereocenters. The Kier molecular flexibility index (Phi) is 6.09. The molecule has 0 atom stereocenters. The molecule has 6 nitrogen and oxygen atoms in total. The van der Waals surface area contributed by atoms with Crippen molar-refractivity contribution < 1.29 is 19.6 Å². The number of nitro benzene ring substituents is 1. The second-order valence-corrected chi connectivity index (χ2v) is 8.08. The van der Waals surface area contributed by atoms with Crippen LogP contribution in [0.15, 0.2) is 72.8 Å². The van der Waals surface area contributed by atoms with Gasteiger partial charge in [-0.2, -0.15) is 0 Å². The molecular formula is C27H23NO5. The van der Waals surface area contributed by atoms with E-state index in [1.54, 1.807) is 6.07 Å². The van der Waals surface area contributed by atoms with Gasteiger partial charge in [0.25, 0.3) is 5.69 Å². The molecule has 1 N–H and O–H groups in total. The number of benzene rings is 4. The van der Waals surface area contributed by atoms with Gasteiger partial charge in [-0.25, -0.2) is 4.79 Å². The smallest absolute Gasteiger partial charge is 0.343 e. The van der Waals surface area contributed by atoms with Crippen molar-refractivity contribution in [3.8, 4) is 11.5 Å². The van der Waals surface area contributed by atoms with E-state index in [9.17, 15) is 20.0 Å². The Morgan fingerprint density at radius 2 is 1.61 bits per heavy atom. The molecule has 4 rings (SSSR count). The number of ether oxygens (including phenoxy) is 1. The molecule has 4 aromatic carbocycles. The lowest BCUT2D eigenvalue weighted by Gasteiger charge is -2.12. The van der Waals surface area contributed by atoms with Gasteiger partial charge in [0.05, 0.1) is 10.5 Å². The van der Waals surface area contributed by atoms with E-state index in [0.717, 1.165) is 39.4 Å². The van der Waals surface area contributed by atoms with Crippen molar-refractivity contribution in [3.05, 3.63) is 111 Å². The monoisotopic (exact) mass is 441 g/mol. The first kappa shape index (κ1) is 22.0. The van der Waals surface area contributed by atoms with Crippen LogP contribution in [-0.4, -0.2) is 16.0 Å². The number of hydrogen-bond donors (Lipinski definition) is 1. The van der Waals surface area contributed by atoms with E-state index in [-0.39, 0.29) is 11.4 Å². The van der Waals surface area contributed by atoms with Crippen LogP contribution in [-0.2, 0) is 12.8 Å². The first-order chi connectivity index (χ1) is 15.8. The third-order valence-corrected chi connectivity index (χ3v) is 5.68. The van der Waals surface area contributed by atoms with E-state index in [2.05, 4.69) is 0 Å². The number of hydrogen-bond acceptors (Lipinski definition) is 5. The van der Waals surface area contributed by atoms with Crippen molar-refractivity contribution in [2.75, 3.05) is 0 Å². The number of nitrogens with zero attached hydrogens (tertiary/aromatic N) is 1. The molecule has 0 heterocycles. The summed E-state index contributed by atoms with van der Waals surface area (Å²) in [4.78, 5) is 23.2. The zero-order valence-electron chi connectivity index (χ0n) is 18.4. The minimum Gasteiger partial charge on any atom is -0.507 e. The SMILES string of the molecule is Cc1cc(CCc2cc(C(=O)Oc3ccc([N+](=O)[O-])cc3)cc3ccccc23)cc(C)c1O. The summed E-state index contributed by atoms with van der Waals surface area (Å²) >= 11 is 0. The second kappa shape index (κ2) is 9.12. The van der Waals surface area contributed by atoms with E-state index in [1.165, 1.54) is 24.3 Å². The summed E-state index contributed by atoms with van der Waals surface area (Å²) in [6, 6.07) is 20.9. The maximum atomic E-state index is 12.8. The molecule has 0 saturated carbocycles. The highest BCUT2D eigenvalue weighted by atomic mass is 16.6. The number of esters is 1. The fourth-order valence-corrected chi connectivity index (χ4v) is 3.99. The minimum atomic E-state index is -0.521. The molecule has 0 saturated heterocycles. The van der Waals surface area contributed by atoms with Crippen molar-refractivity contribution in [2.45, 2.75) is 26.7 Å². The molecule has 0 radical (unpaired) electrons. The standard InChI is InChI=1S/C27H23NO5/c1-17-13-19(14-18(2)26(17)29)7-8-21-16-22(15-20-5-3-4-6-25(20)21)27(30)33-24-11-9-23(10-12-24)28(31)32/h3-6,9-16,29H,7-8H2,1-2H3. The summed E-state index contributed by atoms with van der Waals surface area (Å²) in [5, 5.41) is 22.9. The first-order valence-electron chi connectivity index (χ1n) is 10.6. The van der Waals surface area contributed by atoms with Crippen LogP contribution in [0.5, 0.6) is 11.5 Å². The Bertz CT molecular complexity index is 1340. The number of nitro groups is 1. The third kappa shape index (κ3) is 4.85. The molecule has 4 aromatic rings. The van der Waals surface area contributed by atoms with Crippen LogP contribution in [0.25, 0.3) is 10.8 Å². The molecule has 0 aliphatic heterocycles. The summed E-state index contributed by atoms with van der Waals surface area (Å²) in [6.45, 7) is 3.77. The molecule has 6 heteroatoms. The number of rotatable bonds is 6. The molecule has 0 aliphatic rings. The summed E-state index contributed by atoms with van der Waals surface area (Å²) in [5.74, 6) is 0.0442. The molecule has 0 aromatic heterocycles. The highest BCUT2D eigenvalue weighted by molar-refractivity contribution is 5.97. The lowest BCUT2D eigenvalue weighted by molar-refractivity contribution is -0.384. The summed E-state index contributed by atoms with van der Waals surface area (Å²) in [7, 11) is 0. The maximum Gasteiger partial charge on any atom is 0.343 e. The van der Waals surface area contributed by atoms with E-state index in [4.69, 9.17) is 4.74 Å². The van der Waals surface area contributed by atoms with Gasteiger partial charge in [-0.05, 0) is 84.0 Å². The van der Waals surface area contributed by atoms with Gasteiger partial charge >= 0.3 is 5.97 Å². The molecular weight excluding hydrogens is 418 g/mol. The normalized spacial score (nSPS) is 10.8. The van der Waals surface area contributed by atoms with Crippen LogP contribution >= 0.6 is 0 Å². The van der Waals surface area contributed by atoms with Gasteiger partial charge in [0.1, 0.15) is 11.5 Å². The van der Waals surface area contributed by atoms with E-state index < -0.39 is 10.9 Å². The zero-order valence-corrected chi connectivity index (χ0v) is 18.4. The predicted molar refractivity (Wildman–Crippen MR) is 127 cm³/mol. The van der Waals surface area contributed by atoms with Gasteiger partial charge in [-0.3, -0.25) is 10.1 Å². The highest BCUT2D eigenvalue weighted by Gasteiger charge is 2.14.